The predicted octanol–water partition coefficient (Wildman–Crippen LogP) is 2.59. The first kappa shape index (κ1) is 13.7. The largest absolute Gasteiger partial charge is 0.314 e. The summed E-state index contributed by atoms with van der Waals surface area (Å²) in [4.78, 5) is 2.69. The molecule has 0 aromatic rings. The maximum absolute atomic E-state index is 3.68. The molecule has 100 valence electrons. The van der Waals surface area contributed by atoms with Crippen LogP contribution >= 0.6 is 11.8 Å². The summed E-state index contributed by atoms with van der Waals surface area (Å²) >= 11 is 1.98. The van der Waals surface area contributed by atoms with Crippen molar-refractivity contribution in [3.8, 4) is 0 Å². The summed E-state index contributed by atoms with van der Waals surface area (Å²) < 4.78 is 0. The van der Waals surface area contributed by atoms with Gasteiger partial charge in [0.1, 0.15) is 0 Å². The van der Waals surface area contributed by atoms with Crippen LogP contribution in [0.5, 0.6) is 0 Å². The Morgan fingerprint density at radius 1 is 1.18 bits per heavy atom. The molecule has 17 heavy (non-hydrogen) atoms. The van der Waals surface area contributed by atoms with E-state index in [0.717, 1.165) is 12.0 Å². The van der Waals surface area contributed by atoms with E-state index in [9.17, 15) is 0 Å². The highest BCUT2D eigenvalue weighted by Crippen LogP contribution is 2.25. The molecule has 1 unspecified atom stereocenters. The van der Waals surface area contributed by atoms with E-state index in [0.29, 0.717) is 0 Å². The minimum Gasteiger partial charge on any atom is -0.314 e. The van der Waals surface area contributed by atoms with Crippen molar-refractivity contribution >= 4 is 11.8 Å². The quantitative estimate of drug-likeness (QED) is 0.736. The summed E-state index contributed by atoms with van der Waals surface area (Å²) in [6.45, 7) is 5.30. The number of hydrogen-bond donors (Lipinski definition) is 1. The zero-order valence-electron chi connectivity index (χ0n) is 11.3. The first-order valence-electron chi connectivity index (χ1n) is 7.35. The monoisotopic (exact) mass is 256 g/mol. The molecular formula is C14H28N2S. The number of thioether (sulfide) groups is 1. The number of nitrogens with zero attached hydrogens (tertiary/aromatic N) is 1. The lowest BCUT2D eigenvalue weighted by Gasteiger charge is -2.34. The van der Waals surface area contributed by atoms with Gasteiger partial charge >= 0.3 is 0 Å². The van der Waals surface area contributed by atoms with Crippen LogP contribution < -0.4 is 5.32 Å². The molecule has 2 aliphatic heterocycles. The van der Waals surface area contributed by atoms with Crippen LogP contribution in [0, 0.1) is 5.92 Å². The highest BCUT2D eigenvalue weighted by atomic mass is 32.2. The van der Waals surface area contributed by atoms with Gasteiger partial charge in [-0.2, -0.15) is 11.8 Å². The summed E-state index contributed by atoms with van der Waals surface area (Å²) in [5.74, 6) is 2.31. The standard InChI is InChI=1S/C14H28N2S/c1-17-12-3-2-9-16-10-6-13(7-11-16)14-5-4-8-15-14/h13-15H,2-12H2,1H3. The fraction of sp³-hybridized carbons (Fsp3) is 1.00. The average Bonchev–Trinajstić information content (AvgIpc) is 2.89. The van der Waals surface area contributed by atoms with Crippen LogP contribution in [-0.2, 0) is 0 Å². The second-order valence-electron chi connectivity index (χ2n) is 5.58. The summed E-state index contributed by atoms with van der Waals surface area (Å²) in [5.41, 5.74) is 0. The third kappa shape index (κ3) is 4.46. The lowest BCUT2D eigenvalue weighted by atomic mass is 9.88. The van der Waals surface area contributed by atoms with Gasteiger partial charge in [-0.1, -0.05) is 0 Å². The summed E-state index contributed by atoms with van der Waals surface area (Å²) in [6.07, 6.45) is 10.7. The zero-order valence-corrected chi connectivity index (χ0v) is 12.1. The zero-order chi connectivity index (χ0) is 11.9. The van der Waals surface area contributed by atoms with Crippen LogP contribution in [0.2, 0.25) is 0 Å². The second-order valence-corrected chi connectivity index (χ2v) is 6.57. The van der Waals surface area contributed by atoms with E-state index in [1.54, 1.807) is 0 Å². The van der Waals surface area contributed by atoms with Crippen molar-refractivity contribution in [1.29, 1.82) is 0 Å². The minimum absolute atomic E-state index is 0.855. The highest BCUT2D eigenvalue weighted by molar-refractivity contribution is 7.98. The predicted molar refractivity (Wildman–Crippen MR) is 77.8 cm³/mol. The van der Waals surface area contributed by atoms with E-state index in [-0.39, 0.29) is 0 Å². The maximum Gasteiger partial charge on any atom is 0.00967 e. The number of hydrogen-bond acceptors (Lipinski definition) is 3. The number of unbranched alkanes of at least 4 members (excludes halogenated alkanes) is 1. The van der Waals surface area contributed by atoms with Crippen LogP contribution in [0.3, 0.4) is 0 Å². The molecule has 0 bridgehead atoms. The van der Waals surface area contributed by atoms with Crippen molar-refractivity contribution in [1.82, 2.24) is 10.2 Å². The molecule has 2 saturated heterocycles. The molecule has 0 aromatic heterocycles. The molecule has 0 radical (unpaired) electrons. The van der Waals surface area contributed by atoms with Crippen molar-refractivity contribution in [2.75, 3.05) is 38.2 Å². The molecule has 2 nitrogen and oxygen atoms in total. The van der Waals surface area contributed by atoms with Gasteiger partial charge in [0.15, 0.2) is 0 Å². The Labute approximate surface area is 111 Å². The first-order valence-corrected chi connectivity index (χ1v) is 8.74. The minimum atomic E-state index is 0.855. The van der Waals surface area contributed by atoms with Gasteiger partial charge in [-0.25, -0.2) is 0 Å². The third-order valence-corrected chi connectivity index (χ3v) is 5.07. The highest BCUT2D eigenvalue weighted by Gasteiger charge is 2.27. The van der Waals surface area contributed by atoms with Crippen molar-refractivity contribution in [3.63, 3.8) is 0 Å². The van der Waals surface area contributed by atoms with Crippen LogP contribution in [0.25, 0.3) is 0 Å². The van der Waals surface area contributed by atoms with Gasteiger partial charge in [0.05, 0.1) is 0 Å². The molecule has 0 amide bonds. The van der Waals surface area contributed by atoms with Gasteiger partial charge in [0.2, 0.25) is 0 Å². The molecule has 1 atom stereocenters. The molecule has 2 heterocycles. The Bertz CT molecular complexity index is 196. The fourth-order valence-corrected chi connectivity index (χ4v) is 3.77. The second kappa shape index (κ2) is 7.65. The molecular weight excluding hydrogens is 228 g/mol. The van der Waals surface area contributed by atoms with Crippen LogP contribution in [0.4, 0.5) is 0 Å². The molecule has 1 N–H and O–H groups in total. The molecule has 0 aromatic carbocycles. The summed E-state index contributed by atoms with van der Waals surface area (Å²) in [5, 5.41) is 3.68. The van der Waals surface area contributed by atoms with Gasteiger partial charge in [0, 0.05) is 6.04 Å². The van der Waals surface area contributed by atoms with Gasteiger partial charge < -0.3 is 10.2 Å². The smallest absolute Gasteiger partial charge is 0.00967 e. The van der Waals surface area contributed by atoms with Crippen molar-refractivity contribution in [2.45, 2.75) is 44.6 Å². The number of piperidine rings is 1. The third-order valence-electron chi connectivity index (χ3n) is 4.37. The van der Waals surface area contributed by atoms with E-state index < -0.39 is 0 Å². The number of rotatable bonds is 6. The van der Waals surface area contributed by atoms with Gasteiger partial charge in [-0.3, -0.25) is 0 Å². The molecule has 0 aliphatic carbocycles. The van der Waals surface area contributed by atoms with Gasteiger partial charge in [-0.15, -0.1) is 0 Å². The van der Waals surface area contributed by atoms with Crippen LogP contribution in [0.1, 0.15) is 38.5 Å². The van der Waals surface area contributed by atoms with Crippen molar-refractivity contribution in [3.05, 3.63) is 0 Å². The Morgan fingerprint density at radius 3 is 2.65 bits per heavy atom. The molecule has 0 saturated carbocycles. The van der Waals surface area contributed by atoms with Crippen LogP contribution in [-0.4, -0.2) is 49.1 Å². The topological polar surface area (TPSA) is 15.3 Å². The normalized spacial score (nSPS) is 27.7. The molecule has 2 rings (SSSR count). The van der Waals surface area contributed by atoms with E-state index in [1.165, 1.54) is 70.5 Å². The lowest BCUT2D eigenvalue weighted by molar-refractivity contribution is 0.162. The molecule has 3 heteroatoms. The Morgan fingerprint density at radius 2 is 2.00 bits per heavy atom. The average molecular weight is 256 g/mol. The lowest BCUT2D eigenvalue weighted by Crippen LogP contribution is -2.41. The number of nitrogens with one attached hydrogen (secondary N) is 1. The summed E-state index contributed by atoms with van der Waals surface area (Å²) in [7, 11) is 0. The summed E-state index contributed by atoms with van der Waals surface area (Å²) in [6, 6.07) is 0.855. The fourth-order valence-electron chi connectivity index (χ4n) is 3.27. The Balaban J connectivity index is 1.57. The Hall–Kier alpha value is 0.270. The number of likely N-dealkylation sites (tertiary alicyclic amines) is 1. The maximum atomic E-state index is 3.68. The molecule has 2 aliphatic rings. The van der Waals surface area contributed by atoms with Crippen molar-refractivity contribution in [2.24, 2.45) is 5.92 Å². The van der Waals surface area contributed by atoms with Gasteiger partial charge in [0.25, 0.3) is 0 Å². The van der Waals surface area contributed by atoms with Gasteiger partial charge in [-0.05, 0) is 82.6 Å². The molecule has 0 spiro atoms. The van der Waals surface area contributed by atoms with Crippen molar-refractivity contribution < 1.29 is 0 Å². The van der Waals surface area contributed by atoms with E-state index >= 15 is 0 Å². The van der Waals surface area contributed by atoms with E-state index in [4.69, 9.17) is 0 Å². The van der Waals surface area contributed by atoms with Crippen LogP contribution in [0.15, 0.2) is 0 Å². The first-order chi connectivity index (χ1) is 8.40. The Kier molecular flexibility index (Phi) is 6.16. The SMILES string of the molecule is CSCCCCN1CCC(C2CCCN2)CC1. The van der Waals surface area contributed by atoms with E-state index in [1.807, 2.05) is 11.8 Å². The molecule has 2 fully saturated rings. The van der Waals surface area contributed by atoms with E-state index in [2.05, 4.69) is 16.5 Å².